The van der Waals surface area contributed by atoms with Gasteiger partial charge in [-0.25, -0.2) is 13.6 Å². The van der Waals surface area contributed by atoms with Crippen LogP contribution in [0, 0.1) is 0 Å². The van der Waals surface area contributed by atoms with E-state index >= 15 is 0 Å². The van der Waals surface area contributed by atoms with E-state index in [1.807, 2.05) is 0 Å². The van der Waals surface area contributed by atoms with Crippen molar-refractivity contribution in [3.63, 3.8) is 0 Å². The summed E-state index contributed by atoms with van der Waals surface area (Å²) in [7, 11) is 0. The van der Waals surface area contributed by atoms with Crippen LogP contribution < -0.4 is 11.5 Å². The number of esters is 1. The number of hydrogen-bond acceptors (Lipinski definition) is 4. The molecule has 0 fully saturated rings. The molecule has 0 heterocycles. The van der Waals surface area contributed by atoms with Crippen molar-refractivity contribution >= 4 is 17.3 Å². The van der Waals surface area contributed by atoms with E-state index in [0.29, 0.717) is 5.69 Å². The zero-order valence-electron chi connectivity index (χ0n) is 7.74. The molecule has 6 heteroatoms. The molecule has 4 nitrogen and oxygen atoms in total. The van der Waals surface area contributed by atoms with E-state index in [0.717, 1.165) is 0 Å². The molecule has 0 spiro atoms. The zero-order valence-corrected chi connectivity index (χ0v) is 7.74. The van der Waals surface area contributed by atoms with Gasteiger partial charge in [-0.05, 0) is 18.2 Å². The van der Waals surface area contributed by atoms with Crippen LogP contribution in [0.5, 0.6) is 0 Å². The largest absolute Gasteiger partial charge is 0.456 e. The smallest absolute Gasteiger partial charge is 0.340 e. The first-order valence-electron chi connectivity index (χ1n) is 4.11. The standard InChI is InChI=1S/C9H10F2N2O2/c10-8(11)4-15-9(14)6-2-1-5(12)3-7(6)13/h1-3,8H,4,12-13H2. The Morgan fingerprint density at radius 1 is 1.40 bits per heavy atom. The van der Waals surface area contributed by atoms with E-state index in [-0.39, 0.29) is 11.3 Å². The summed E-state index contributed by atoms with van der Waals surface area (Å²) in [5, 5.41) is 0. The first kappa shape index (κ1) is 11.2. The van der Waals surface area contributed by atoms with Crippen molar-refractivity contribution in [2.24, 2.45) is 0 Å². The average molecular weight is 216 g/mol. The molecular weight excluding hydrogens is 206 g/mol. The Kier molecular flexibility index (Phi) is 3.43. The Labute approximate surface area is 84.8 Å². The Bertz CT molecular complexity index is 369. The highest BCUT2D eigenvalue weighted by atomic mass is 19.3. The lowest BCUT2D eigenvalue weighted by Gasteiger charge is -2.06. The Balaban J connectivity index is 2.74. The number of anilines is 2. The summed E-state index contributed by atoms with van der Waals surface area (Å²) in [5.41, 5.74) is 11.4. The van der Waals surface area contributed by atoms with Crippen molar-refractivity contribution in [3.8, 4) is 0 Å². The molecule has 0 unspecified atom stereocenters. The maximum Gasteiger partial charge on any atom is 0.340 e. The highest BCUT2D eigenvalue weighted by Crippen LogP contribution is 2.16. The molecule has 0 aliphatic heterocycles. The molecule has 0 atom stereocenters. The van der Waals surface area contributed by atoms with Crippen LogP contribution in [0.1, 0.15) is 10.4 Å². The van der Waals surface area contributed by atoms with Gasteiger partial charge in [-0.15, -0.1) is 0 Å². The van der Waals surface area contributed by atoms with Gasteiger partial charge in [0.1, 0.15) is 0 Å². The monoisotopic (exact) mass is 216 g/mol. The van der Waals surface area contributed by atoms with E-state index in [1.165, 1.54) is 18.2 Å². The number of benzene rings is 1. The Morgan fingerprint density at radius 3 is 2.60 bits per heavy atom. The molecule has 1 aromatic carbocycles. The van der Waals surface area contributed by atoms with Crippen LogP contribution in [-0.2, 0) is 4.74 Å². The number of hydrogen-bond donors (Lipinski definition) is 2. The Morgan fingerprint density at radius 2 is 2.07 bits per heavy atom. The average Bonchev–Trinajstić information content (AvgIpc) is 2.14. The van der Waals surface area contributed by atoms with Gasteiger partial charge in [0.2, 0.25) is 0 Å². The van der Waals surface area contributed by atoms with E-state index in [4.69, 9.17) is 11.5 Å². The second kappa shape index (κ2) is 4.59. The quantitative estimate of drug-likeness (QED) is 0.589. The van der Waals surface area contributed by atoms with Crippen LogP contribution >= 0.6 is 0 Å². The van der Waals surface area contributed by atoms with Crippen molar-refractivity contribution in [2.75, 3.05) is 18.1 Å². The Hall–Kier alpha value is -1.85. The van der Waals surface area contributed by atoms with E-state index in [1.54, 1.807) is 0 Å². The fourth-order valence-corrected chi connectivity index (χ4v) is 0.984. The molecule has 82 valence electrons. The second-order valence-electron chi connectivity index (χ2n) is 2.84. The minimum Gasteiger partial charge on any atom is -0.456 e. The van der Waals surface area contributed by atoms with Crippen LogP contribution in [0.2, 0.25) is 0 Å². The minimum absolute atomic E-state index is 0.0323. The summed E-state index contributed by atoms with van der Waals surface area (Å²) < 4.78 is 27.8. The molecule has 15 heavy (non-hydrogen) atoms. The number of nitrogens with two attached hydrogens (primary N) is 2. The molecule has 0 saturated carbocycles. The van der Waals surface area contributed by atoms with Gasteiger partial charge in [-0.2, -0.15) is 0 Å². The number of carbonyl (C=O) groups is 1. The van der Waals surface area contributed by atoms with Crippen LogP contribution in [0.25, 0.3) is 0 Å². The summed E-state index contributed by atoms with van der Waals surface area (Å²) in [4.78, 5) is 11.2. The summed E-state index contributed by atoms with van der Waals surface area (Å²) in [6.07, 6.45) is -2.69. The molecule has 0 bridgehead atoms. The lowest BCUT2D eigenvalue weighted by molar-refractivity contribution is 0.0161. The summed E-state index contributed by atoms with van der Waals surface area (Å²) in [6, 6.07) is 4.13. The van der Waals surface area contributed by atoms with Crippen LogP contribution in [0.15, 0.2) is 18.2 Å². The minimum atomic E-state index is -2.69. The topological polar surface area (TPSA) is 78.3 Å². The predicted molar refractivity (Wildman–Crippen MR) is 51.6 cm³/mol. The molecular formula is C9H10F2N2O2. The van der Waals surface area contributed by atoms with Gasteiger partial charge >= 0.3 is 5.97 Å². The van der Waals surface area contributed by atoms with Gasteiger partial charge in [0.05, 0.1) is 5.56 Å². The molecule has 0 aliphatic carbocycles. The number of ether oxygens (including phenoxy) is 1. The third kappa shape index (κ3) is 3.08. The van der Waals surface area contributed by atoms with Gasteiger partial charge in [-0.3, -0.25) is 0 Å². The van der Waals surface area contributed by atoms with E-state index in [2.05, 4.69) is 4.74 Å². The first-order chi connectivity index (χ1) is 7.00. The number of rotatable bonds is 3. The zero-order chi connectivity index (χ0) is 11.4. The fourth-order valence-electron chi connectivity index (χ4n) is 0.984. The summed E-state index contributed by atoms with van der Waals surface area (Å²) in [6.45, 7) is -0.942. The highest BCUT2D eigenvalue weighted by molar-refractivity contribution is 5.95. The maximum absolute atomic E-state index is 11.7. The molecule has 0 aromatic heterocycles. The molecule has 0 radical (unpaired) electrons. The van der Waals surface area contributed by atoms with Crippen molar-refractivity contribution < 1.29 is 18.3 Å². The van der Waals surface area contributed by atoms with E-state index in [9.17, 15) is 13.6 Å². The van der Waals surface area contributed by atoms with Gasteiger partial charge in [-0.1, -0.05) is 0 Å². The predicted octanol–water partition coefficient (Wildman–Crippen LogP) is 1.27. The molecule has 0 aliphatic rings. The number of carbonyl (C=O) groups excluding carboxylic acids is 1. The molecule has 4 N–H and O–H groups in total. The van der Waals surface area contributed by atoms with Crippen LogP contribution in [-0.4, -0.2) is 19.0 Å². The van der Waals surface area contributed by atoms with E-state index < -0.39 is 19.0 Å². The lowest BCUT2D eigenvalue weighted by atomic mass is 10.1. The molecule has 1 aromatic rings. The summed E-state index contributed by atoms with van der Waals surface area (Å²) in [5.74, 6) is -0.882. The van der Waals surface area contributed by atoms with Crippen molar-refractivity contribution in [3.05, 3.63) is 23.8 Å². The highest BCUT2D eigenvalue weighted by Gasteiger charge is 2.13. The maximum atomic E-state index is 11.7. The lowest BCUT2D eigenvalue weighted by Crippen LogP contribution is -2.13. The SMILES string of the molecule is Nc1ccc(C(=O)OCC(F)F)c(N)c1. The van der Waals surface area contributed by atoms with Crippen LogP contribution in [0.3, 0.4) is 0 Å². The van der Waals surface area contributed by atoms with Crippen molar-refractivity contribution in [2.45, 2.75) is 6.43 Å². The molecule has 0 amide bonds. The van der Waals surface area contributed by atoms with Gasteiger partial charge in [0.25, 0.3) is 6.43 Å². The normalized spacial score (nSPS) is 10.3. The van der Waals surface area contributed by atoms with Crippen LogP contribution in [0.4, 0.5) is 20.2 Å². The molecule has 1 rings (SSSR count). The fraction of sp³-hybridized carbons (Fsp3) is 0.222. The number of halogens is 2. The van der Waals surface area contributed by atoms with Gasteiger partial charge in [0, 0.05) is 11.4 Å². The molecule has 0 saturated heterocycles. The van der Waals surface area contributed by atoms with Gasteiger partial charge < -0.3 is 16.2 Å². The summed E-state index contributed by atoms with van der Waals surface area (Å²) >= 11 is 0. The third-order valence-corrected chi connectivity index (χ3v) is 1.64. The third-order valence-electron chi connectivity index (χ3n) is 1.64. The first-order valence-corrected chi connectivity index (χ1v) is 4.11. The van der Waals surface area contributed by atoms with Crippen molar-refractivity contribution in [1.82, 2.24) is 0 Å². The number of alkyl halides is 2. The van der Waals surface area contributed by atoms with Crippen molar-refractivity contribution in [1.29, 1.82) is 0 Å². The second-order valence-corrected chi connectivity index (χ2v) is 2.84. The van der Waals surface area contributed by atoms with Gasteiger partial charge in [0.15, 0.2) is 6.61 Å². The number of nitrogen functional groups attached to an aromatic ring is 2.